The molecule has 0 bridgehead atoms. The van der Waals surface area contributed by atoms with Gasteiger partial charge in [0.2, 0.25) is 0 Å². The molecule has 76 valence electrons. The molecule has 1 aliphatic rings. The fourth-order valence-corrected chi connectivity index (χ4v) is 1.53. The van der Waals surface area contributed by atoms with Crippen molar-refractivity contribution in [3.8, 4) is 0 Å². The van der Waals surface area contributed by atoms with Gasteiger partial charge < -0.3 is 20.6 Å². The van der Waals surface area contributed by atoms with Crippen molar-refractivity contribution in [3.05, 3.63) is 0 Å². The second kappa shape index (κ2) is 3.93. The van der Waals surface area contributed by atoms with E-state index in [4.69, 9.17) is 5.11 Å². The molecule has 3 N–H and O–H groups in total. The summed E-state index contributed by atoms with van der Waals surface area (Å²) in [6.45, 7) is 2.41. The topological polar surface area (TPSA) is 64.6 Å². The first-order chi connectivity index (χ1) is 6.07. The maximum atomic E-state index is 10.2. The van der Waals surface area contributed by atoms with Crippen molar-refractivity contribution in [1.82, 2.24) is 15.5 Å². The van der Waals surface area contributed by atoms with Gasteiger partial charge in [-0.25, -0.2) is 4.79 Å². The number of rotatable bonds is 4. The van der Waals surface area contributed by atoms with Crippen molar-refractivity contribution in [2.75, 3.05) is 33.7 Å². The summed E-state index contributed by atoms with van der Waals surface area (Å²) in [5.74, 6) is 0. The minimum Gasteiger partial charge on any atom is -0.465 e. The van der Waals surface area contributed by atoms with E-state index in [1.165, 1.54) is 0 Å². The minimum atomic E-state index is -0.943. The third-order valence-corrected chi connectivity index (χ3v) is 2.72. The van der Waals surface area contributed by atoms with E-state index in [0.29, 0.717) is 6.54 Å². The number of amides is 1. The second-order valence-corrected chi connectivity index (χ2v) is 3.70. The molecule has 0 aromatic heterocycles. The largest absolute Gasteiger partial charge is 0.465 e. The molecule has 1 amide bonds. The number of hydrogen-bond donors (Lipinski definition) is 3. The average Bonchev–Trinajstić information content (AvgIpc) is 1.93. The quantitative estimate of drug-likeness (QED) is 0.557. The average molecular weight is 187 g/mol. The standard InChI is InChI=1S/C8H17N3O2/c1-11(2)8(5-9-6-8)3-4-10-7(12)13/h9-10H,3-6H2,1-2H3,(H,12,13). The molecule has 1 heterocycles. The third kappa shape index (κ3) is 2.32. The lowest BCUT2D eigenvalue weighted by atomic mass is 9.87. The van der Waals surface area contributed by atoms with E-state index in [2.05, 4.69) is 15.5 Å². The molecule has 0 aromatic rings. The fraction of sp³-hybridized carbons (Fsp3) is 0.875. The molecule has 0 unspecified atom stereocenters. The highest BCUT2D eigenvalue weighted by Crippen LogP contribution is 2.20. The first-order valence-corrected chi connectivity index (χ1v) is 4.42. The summed E-state index contributed by atoms with van der Waals surface area (Å²) in [5.41, 5.74) is 0.155. The number of nitrogens with one attached hydrogen (secondary N) is 2. The molecule has 1 rings (SSSR count). The summed E-state index contributed by atoms with van der Waals surface area (Å²) >= 11 is 0. The zero-order valence-corrected chi connectivity index (χ0v) is 8.13. The Bertz CT molecular complexity index is 190. The number of hydrogen-bond acceptors (Lipinski definition) is 3. The van der Waals surface area contributed by atoms with Gasteiger partial charge in [0.1, 0.15) is 0 Å². The molecule has 0 saturated carbocycles. The molecular formula is C8H17N3O2. The van der Waals surface area contributed by atoms with Crippen molar-refractivity contribution in [3.63, 3.8) is 0 Å². The molecule has 0 aliphatic carbocycles. The predicted molar refractivity (Wildman–Crippen MR) is 49.9 cm³/mol. The van der Waals surface area contributed by atoms with E-state index in [9.17, 15) is 4.79 Å². The molecule has 13 heavy (non-hydrogen) atoms. The van der Waals surface area contributed by atoms with Crippen LogP contribution in [-0.4, -0.2) is 55.4 Å². The minimum absolute atomic E-state index is 0.155. The van der Waals surface area contributed by atoms with Gasteiger partial charge in [0.15, 0.2) is 0 Å². The van der Waals surface area contributed by atoms with Crippen LogP contribution in [0.4, 0.5) is 4.79 Å². The van der Waals surface area contributed by atoms with Crippen LogP contribution < -0.4 is 10.6 Å². The maximum absolute atomic E-state index is 10.2. The van der Waals surface area contributed by atoms with Gasteiger partial charge in [-0.05, 0) is 20.5 Å². The van der Waals surface area contributed by atoms with Crippen LogP contribution in [0, 0.1) is 0 Å². The van der Waals surface area contributed by atoms with E-state index < -0.39 is 6.09 Å². The van der Waals surface area contributed by atoms with Crippen LogP contribution >= 0.6 is 0 Å². The Balaban J connectivity index is 2.28. The third-order valence-electron chi connectivity index (χ3n) is 2.72. The van der Waals surface area contributed by atoms with Crippen molar-refractivity contribution in [2.45, 2.75) is 12.0 Å². The van der Waals surface area contributed by atoms with Gasteiger partial charge in [-0.1, -0.05) is 0 Å². The second-order valence-electron chi connectivity index (χ2n) is 3.70. The highest BCUT2D eigenvalue weighted by molar-refractivity contribution is 5.64. The Morgan fingerprint density at radius 1 is 1.62 bits per heavy atom. The number of likely N-dealkylation sites (N-methyl/N-ethyl adjacent to an activating group) is 1. The zero-order valence-electron chi connectivity index (χ0n) is 8.13. The lowest BCUT2D eigenvalue weighted by Crippen LogP contribution is -2.67. The molecule has 1 aliphatic heterocycles. The van der Waals surface area contributed by atoms with Gasteiger partial charge >= 0.3 is 6.09 Å². The predicted octanol–water partition coefficient (Wildman–Crippen LogP) is -0.452. The van der Waals surface area contributed by atoms with E-state index in [1.807, 2.05) is 14.1 Å². The molecule has 0 spiro atoms. The van der Waals surface area contributed by atoms with Gasteiger partial charge in [0.05, 0.1) is 0 Å². The molecule has 0 radical (unpaired) electrons. The summed E-state index contributed by atoms with van der Waals surface area (Å²) < 4.78 is 0. The molecule has 1 fully saturated rings. The fourth-order valence-electron chi connectivity index (χ4n) is 1.53. The smallest absolute Gasteiger partial charge is 0.404 e. The highest BCUT2D eigenvalue weighted by atomic mass is 16.4. The van der Waals surface area contributed by atoms with Gasteiger partial charge in [-0.2, -0.15) is 0 Å². The molecule has 5 nitrogen and oxygen atoms in total. The van der Waals surface area contributed by atoms with Crippen molar-refractivity contribution in [1.29, 1.82) is 0 Å². The summed E-state index contributed by atoms with van der Waals surface area (Å²) in [4.78, 5) is 12.4. The van der Waals surface area contributed by atoms with Gasteiger partial charge in [-0.15, -0.1) is 0 Å². The lowest BCUT2D eigenvalue weighted by molar-refractivity contribution is 0.0759. The zero-order chi connectivity index (χ0) is 9.90. The van der Waals surface area contributed by atoms with Gasteiger partial charge in [-0.3, -0.25) is 0 Å². The number of carbonyl (C=O) groups is 1. The van der Waals surface area contributed by atoms with Crippen molar-refractivity contribution >= 4 is 6.09 Å². The summed E-state index contributed by atoms with van der Waals surface area (Å²) in [5, 5.41) is 14.0. The van der Waals surface area contributed by atoms with Crippen molar-refractivity contribution in [2.24, 2.45) is 0 Å². The molecule has 0 atom stereocenters. The number of nitrogens with zero attached hydrogens (tertiary/aromatic N) is 1. The summed E-state index contributed by atoms with van der Waals surface area (Å²) in [6, 6.07) is 0. The maximum Gasteiger partial charge on any atom is 0.404 e. The van der Waals surface area contributed by atoms with Gasteiger partial charge in [0, 0.05) is 25.2 Å². The Labute approximate surface area is 78.1 Å². The van der Waals surface area contributed by atoms with Crippen molar-refractivity contribution < 1.29 is 9.90 Å². The lowest BCUT2D eigenvalue weighted by Gasteiger charge is -2.48. The summed E-state index contributed by atoms with van der Waals surface area (Å²) in [7, 11) is 4.06. The van der Waals surface area contributed by atoms with E-state index in [-0.39, 0.29) is 5.54 Å². The SMILES string of the molecule is CN(C)C1(CCNC(=O)O)CNC1. The van der Waals surface area contributed by atoms with E-state index in [1.54, 1.807) is 0 Å². The molecular weight excluding hydrogens is 170 g/mol. The molecule has 0 aromatic carbocycles. The molecule has 1 saturated heterocycles. The monoisotopic (exact) mass is 187 g/mol. The van der Waals surface area contributed by atoms with E-state index >= 15 is 0 Å². The van der Waals surface area contributed by atoms with Crippen LogP contribution in [0.15, 0.2) is 0 Å². The first-order valence-electron chi connectivity index (χ1n) is 4.42. The summed E-state index contributed by atoms with van der Waals surface area (Å²) in [6.07, 6.45) is -0.0829. The van der Waals surface area contributed by atoms with E-state index in [0.717, 1.165) is 19.5 Å². The van der Waals surface area contributed by atoms with Crippen LogP contribution in [0.25, 0.3) is 0 Å². The van der Waals surface area contributed by atoms with Crippen LogP contribution in [0.5, 0.6) is 0 Å². The first kappa shape index (κ1) is 10.3. The Hall–Kier alpha value is -0.810. The number of carboxylic acid groups (broad SMARTS) is 1. The Morgan fingerprint density at radius 3 is 2.54 bits per heavy atom. The Morgan fingerprint density at radius 2 is 2.23 bits per heavy atom. The van der Waals surface area contributed by atoms with Crippen LogP contribution in [-0.2, 0) is 0 Å². The molecule has 5 heteroatoms. The highest BCUT2D eigenvalue weighted by Gasteiger charge is 2.38. The van der Waals surface area contributed by atoms with Crippen LogP contribution in [0.1, 0.15) is 6.42 Å². The van der Waals surface area contributed by atoms with Crippen LogP contribution in [0.2, 0.25) is 0 Å². The van der Waals surface area contributed by atoms with Crippen LogP contribution in [0.3, 0.4) is 0 Å². The normalized spacial score (nSPS) is 19.6. The van der Waals surface area contributed by atoms with Gasteiger partial charge in [0.25, 0.3) is 0 Å². The Kier molecular flexibility index (Phi) is 3.11.